The van der Waals surface area contributed by atoms with Crippen LogP contribution in [0.5, 0.6) is 0 Å². The summed E-state index contributed by atoms with van der Waals surface area (Å²) in [6.45, 7) is 5.15. The lowest BCUT2D eigenvalue weighted by Gasteiger charge is -2.14. The average Bonchev–Trinajstić information content (AvgIpc) is 2.41. The molecule has 0 spiro atoms. The maximum atomic E-state index is 12.8. The quantitative estimate of drug-likeness (QED) is 0.852. The van der Waals surface area contributed by atoms with Gasteiger partial charge in [-0.15, -0.1) is 0 Å². The molecule has 0 amide bonds. The van der Waals surface area contributed by atoms with Crippen LogP contribution in [-0.2, 0) is 6.42 Å². The zero-order chi connectivity index (χ0) is 13.7. The van der Waals surface area contributed by atoms with E-state index in [9.17, 15) is 4.39 Å². The summed E-state index contributed by atoms with van der Waals surface area (Å²) in [6.07, 6.45) is 0.913. The lowest BCUT2D eigenvalue weighted by molar-refractivity contribution is 0.576. The number of nitrogens with one attached hydrogen (secondary N) is 1. The summed E-state index contributed by atoms with van der Waals surface area (Å²) < 4.78 is 12.8. The van der Waals surface area contributed by atoms with Crippen molar-refractivity contribution in [3.05, 3.63) is 71.0 Å². The highest BCUT2D eigenvalue weighted by molar-refractivity contribution is 5.23. The van der Waals surface area contributed by atoms with Gasteiger partial charge in [-0.3, -0.25) is 0 Å². The van der Waals surface area contributed by atoms with Crippen LogP contribution in [0.2, 0.25) is 0 Å². The Hall–Kier alpha value is -1.67. The van der Waals surface area contributed by atoms with E-state index in [-0.39, 0.29) is 5.82 Å². The molecular formula is C17H20FN. The molecule has 2 aromatic carbocycles. The van der Waals surface area contributed by atoms with E-state index >= 15 is 0 Å². The fourth-order valence-corrected chi connectivity index (χ4v) is 2.06. The minimum Gasteiger partial charge on any atom is -0.310 e. The number of hydrogen-bond donors (Lipinski definition) is 1. The van der Waals surface area contributed by atoms with E-state index in [1.165, 1.54) is 23.3 Å². The van der Waals surface area contributed by atoms with Crippen molar-refractivity contribution in [3.8, 4) is 0 Å². The van der Waals surface area contributed by atoms with E-state index in [0.29, 0.717) is 6.04 Å². The van der Waals surface area contributed by atoms with Crippen molar-refractivity contribution in [3.63, 3.8) is 0 Å². The molecule has 2 rings (SSSR count). The van der Waals surface area contributed by atoms with Crippen LogP contribution in [0.4, 0.5) is 4.39 Å². The topological polar surface area (TPSA) is 12.0 Å². The minimum atomic E-state index is -0.176. The molecule has 0 aliphatic carbocycles. The molecule has 1 unspecified atom stereocenters. The highest BCUT2D eigenvalue weighted by Crippen LogP contribution is 2.13. The Bertz CT molecular complexity index is 502. The summed E-state index contributed by atoms with van der Waals surface area (Å²) >= 11 is 0. The van der Waals surface area contributed by atoms with E-state index in [4.69, 9.17) is 0 Å². The molecule has 0 saturated carbocycles. The molecule has 0 bridgehead atoms. The van der Waals surface area contributed by atoms with E-state index in [2.05, 4.69) is 43.4 Å². The third-order valence-corrected chi connectivity index (χ3v) is 3.35. The summed E-state index contributed by atoms with van der Waals surface area (Å²) in [6, 6.07) is 15.6. The average molecular weight is 257 g/mol. The van der Waals surface area contributed by atoms with Gasteiger partial charge in [0.25, 0.3) is 0 Å². The summed E-state index contributed by atoms with van der Waals surface area (Å²) in [5.41, 5.74) is 3.73. The first kappa shape index (κ1) is 13.8. The first-order valence-corrected chi connectivity index (χ1v) is 6.69. The molecule has 0 radical (unpaired) electrons. The largest absolute Gasteiger partial charge is 0.310 e. The predicted octanol–water partition coefficient (Wildman–Crippen LogP) is 4.03. The lowest BCUT2D eigenvalue weighted by Crippen LogP contribution is -2.21. The van der Waals surface area contributed by atoms with Crippen LogP contribution in [-0.4, -0.2) is 6.54 Å². The van der Waals surface area contributed by atoms with Crippen LogP contribution < -0.4 is 5.32 Å². The van der Waals surface area contributed by atoms with Crippen molar-refractivity contribution < 1.29 is 4.39 Å². The molecule has 0 saturated heterocycles. The van der Waals surface area contributed by atoms with Crippen molar-refractivity contribution in [1.82, 2.24) is 5.32 Å². The Labute approximate surface area is 114 Å². The zero-order valence-corrected chi connectivity index (χ0v) is 11.5. The predicted molar refractivity (Wildman–Crippen MR) is 77.7 cm³/mol. The molecule has 19 heavy (non-hydrogen) atoms. The summed E-state index contributed by atoms with van der Waals surface area (Å²) in [5.74, 6) is -0.176. The van der Waals surface area contributed by atoms with Gasteiger partial charge in [0.1, 0.15) is 5.82 Å². The van der Waals surface area contributed by atoms with Gasteiger partial charge in [-0.1, -0.05) is 42.0 Å². The normalized spacial score (nSPS) is 12.4. The van der Waals surface area contributed by atoms with Crippen LogP contribution in [0.3, 0.4) is 0 Å². The van der Waals surface area contributed by atoms with Gasteiger partial charge >= 0.3 is 0 Å². The zero-order valence-electron chi connectivity index (χ0n) is 11.5. The highest BCUT2D eigenvalue weighted by atomic mass is 19.1. The summed E-state index contributed by atoms with van der Waals surface area (Å²) in [5, 5.41) is 3.49. The van der Waals surface area contributed by atoms with E-state index < -0.39 is 0 Å². The molecule has 100 valence electrons. The fraction of sp³-hybridized carbons (Fsp3) is 0.294. The number of rotatable bonds is 5. The van der Waals surface area contributed by atoms with Crippen molar-refractivity contribution in [1.29, 1.82) is 0 Å². The third kappa shape index (κ3) is 4.18. The van der Waals surface area contributed by atoms with Crippen LogP contribution in [0, 0.1) is 12.7 Å². The smallest absolute Gasteiger partial charge is 0.123 e. The molecule has 0 aromatic heterocycles. The van der Waals surface area contributed by atoms with Gasteiger partial charge in [0.15, 0.2) is 0 Å². The molecule has 0 aliphatic rings. The van der Waals surface area contributed by atoms with Gasteiger partial charge in [-0.05, 0) is 50.1 Å². The third-order valence-electron chi connectivity index (χ3n) is 3.35. The van der Waals surface area contributed by atoms with Gasteiger partial charge in [0.05, 0.1) is 0 Å². The van der Waals surface area contributed by atoms with Gasteiger partial charge < -0.3 is 5.32 Å². The van der Waals surface area contributed by atoms with Crippen LogP contribution >= 0.6 is 0 Å². The standard InChI is InChI=1S/C17H20FN/c1-13-3-7-16(8-4-13)14(2)19-12-11-15-5-9-17(18)10-6-15/h3-10,14,19H,11-12H2,1-2H3. The number of halogens is 1. The molecule has 0 fully saturated rings. The number of aryl methyl sites for hydroxylation is 1. The first-order chi connectivity index (χ1) is 9.15. The van der Waals surface area contributed by atoms with Crippen LogP contribution in [0.1, 0.15) is 29.7 Å². The molecule has 2 heteroatoms. The number of hydrogen-bond acceptors (Lipinski definition) is 1. The lowest BCUT2D eigenvalue weighted by atomic mass is 10.1. The Morgan fingerprint density at radius 1 is 1.00 bits per heavy atom. The molecule has 2 aromatic rings. The van der Waals surface area contributed by atoms with Crippen molar-refractivity contribution in [2.45, 2.75) is 26.3 Å². The second-order valence-corrected chi connectivity index (χ2v) is 4.96. The van der Waals surface area contributed by atoms with Crippen LogP contribution in [0.25, 0.3) is 0 Å². The maximum Gasteiger partial charge on any atom is 0.123 e. The van der Waals surface area contributed by atoms with Gasteiger partial charge in [0, 0.05) is 6.04 Å². The van der Waals surface area contributed by atoms with Gasteiger partial charge in [0.2, 0.25) is 0 Å². The van der Waals surface area contributed by atoms with Gasteiger partial charge in [-0.25, -0.2) is 4.39 Å². The van der Waals surface area contributed by atoms with Crippen molar-refractivity contribution >= 4 is 0 Å². The maximum absolute atomic E-state index is 12.8. The molecule has 1 atom stereocenters. The molecule has 1 N–H and O–H groups in total. The van der Waals surface area contributed by atoms with Crippen molar-refractivity contribution in [2.75, 3.05) is 6.54 Å². The minimum absolute atomic E-state index is 0.176. The second kappa shape index (κ2) is 6.48. The Morgan fingerprint density at radius 3 is 2.26 bits per heavy atom. The van der Waals surface area contributed by atoms with E-state index in [0.717, 1.165) is 18.5 Å². The molecule has 0 aliphatic heterocycles. The van der Waals surface area contributed by atoms with Crippen LogP contribution in [0.15, 0.2) is 48.5 Å². The second-order valence-electron chi connectivity index (χ2n) is 4.96. The Kier molecular flexibility index (Phi) is 4.69. The van der Waals surface area contributed by atoms with Gasteiger partial charge in [-0.2, -0.15) is 0 Å². The molecule has 0 heterocycles. The number of benzene rings is 2. The van der Waals surface area contributed by atoms with E-state index in [1.54, 1.807) is 0 Å². The Morgan fingerprint density at radius 2 is 1.63 bits per heavy atom. The summed E-state index contributed by atoms with van der Waals surface area (Å²) in [7, 11) is 0. The summed E-state index contributed by atoms with van der Waals surface area (Å²) in [4.78, 5) is 0. The molecule has 1 nitrogen and oxygen atoms in total. The monoisotopic (exact) mass is 257 g/mol. The highest BCUT2D eigenvalue weighted by Gasteiger charge is 2.03. The first-order valence-electron chi connectivity index (χ1n) is 6.69. The molecular weight excluding hydrogens is 237 g/mol. The Balaban J connectivity index is 1.82. The fourth-order valence-electron chi connectivity index (χ4n) is 2.06. The van der Waals surface area contributed by atoms with E-state index in [1.807, 2.05) is 12.1 Å². The SMILES string of the molecule is Cc1ccc(C(C)NCCc2ccc(F)cc2)cc1. The van der Waals surface area contributed by atoms with Crippen molar-refractivity contribution in [2.24, 2.45) is 0 Å².